The third kappa shape index (κ3) is 1.67. The van der Waals surface area contributed by atoms with Crippen LogP contribution in [-0.2, 0) is 0 Å². The monoisotopic (exact) mass is 179 g/mol. The zero-order valence-electron chi connectivity index (χ0n) is 9.01. The van der Waals surface area contributed by atoms with E-state index in [1.807, 2.05) is 0 Å². The molecule has 0 amide bonds. The highest BCUT2D eigenvalue weighted by Crippen LogP contribution is 2.39. The van der Waals surface area contributed by atoms with Crippen LogP contribution in [0.15, 0.2) is 12.2 Å². The van der Waals surface area contributed by atoms with Crippen molar-refractivity contribution in [1.82, 2.24) is 5.32 Å². The molecule has 0 spiro atoms. The van der Waals surface area contributed by atoms with Crippen molar-refractivity contribution in [2.24, 2.45) is 17.3 Å². The standard InChI is InChI=1S/C12H21N/c1-12(2,3)11-10-7-5-4-6-9(10)8-13-11/h4-5,9-11,13H,6-8H2,1-3H3. The van der Waals surface area contributed by atoms with Gasteiger partial charge < -0.3 is 5.32 Å². The molecule has 1 aliphatic heterocycles. The summed E-state index contributed by atoms with van der Waals surface area (Å²) in [6.07, 6.45) is 7.31. The van der Waals surface area contributed by atoms with Gasteiger partial charge in [-0.15, -0.1) is 0 Å². The molecule has 1 aliphatic carbocycles. The van der Waals surface area contributed by atoms with Crippen LogP contribution in [0.3, 0.4) is 0 Å². The van der Waals surface area contributed by atoms with Crippen LogP contribution in [0.5, 0.6) is 0 Å². The lowest BCUT2D eigenvalue weighted by Gasteiger charge is -2.34. The normalized spacial score (nSPS) is 39.2. The van der Waals surface area contributed by atoms with Gasteiger partial charge in [-0.05, 0) is 36.6 Å². The van der Waals surface area contributed by atoms with E-state index < -0.39 is 0 Å². The minimum atomic E-state index is 0.421. The molecule has 2 aliphatic rings. The number of nitrogens with one attached hydrogen (secondary N) is 1. The molecule has 0 saturated carbocycles. The molecule has 1 saturated heterocycles. The minimum absolute atomic E-state index is 0.421. The Morgan fingerprint density at radius 1 is 1.15 bits per heavy atom. The maximum Gasteiger partial charge on any atom is 0.0150 e. The minimum Gasteiger partial charge on any atom is -0.313 e. The summed E-state index contributed by atoms with van der Waals surface area (Å²) in [5, 5.41) is 3.70. The predicted molar refractivity (Wildman–Crippen MR) is 56.6 cm³/mol. The molecule has 0 aromatic heterocycles. The molecular formula is C12H21N. The summed E-state index contributed by atoms with van der Waals surface area (Å²) in [4.78, 5) is 0. The van der Waals surface area contributed by atoms with E-state index in [0.717, 1.165) is 17.9 Å². The molecule has 0 bridgehead atoms. The van der Waals surface area contributed by atoms with Crippen molar-refractivity contribution in [2.75, 3.05) is 6.54 Å². The topological polar surface area (TPSA) is 12.0 Å². The lowest BCUT2D eigenvalue weighted by atomic mass is 9.73. The summed E-state index contributed by atoms with van der Waals surface area (Å²) in [7, 11) is 0. The van der Waals surface area contributed by atoms with Crippen molar-refractivity contribution >= 4 is 0 Å². The van der Waals surface area contributed by atoms with E-state index in [1.165, 1.54) is 19.4 Å². The van der Waals surface area contributed by atoms with E-state index in [1.54, 1.807) is 0 Å². The van der Waals surface area contributed by atoms with Gasteiger partial charge in [-0.3, -0.25) is 0 Å². The molecule has 0 aromatic rings. The number of fused-ring (bicyclic) bond motifs is 1. The van der Waals surface area contributed by atoms with Crippen LogP contribution >= 0.6 is 0 Å². The van der Waals surface area contributed by atoms with Crippen LogP contribution in [0.25, 0.3) is 0 Å². The van der Waals surface area contributed by atoms with E-state index in [9.17, 15) is 0 Å². The average Bonchev–Trinajstić information content (AvgIpc) is 2.45. The van der Waals surface area contributed by atoms with Crippen molar-refractivity contribution in [2.45, 2.75) is 39.7 Å². The molecule has 74 valence electrons. The van der Waals surface area contributed by atoms with Gasteiger partial charge in [-0.1, -0.05) is 32.9 Å². The Labute approximate surface area is 81.6 Å². The lowest BCUT2D eigenvalue weighted by Crippen LogP contribution is -2.40. The predicted octanol–water partition coefficient (Wildman–Crippen LogP) is 2.59. The number of allylic oxidation sites excluding steroid dienone is 2. The first-order valence-corrected chi connectivity index (χ1v) is 5.47. The highest BCUT2D eigenvalue weighted by molar-refractivity contribution is 5.05. The second-order valence-corrected chi connectivity index (χ2v) is 5.62. The second kappa shape index (κ2) is 3.13. The van der Waals surface area contributed by atoms with E-state index in [2.05, 4.69) is 38.2 Å². The molecule has 1 N–H and O–H groups in total. The van der Waals surface area contributed by atoms with Crippen molar-refractivity contribution in [3.05, 3.63) is 12.2 Å². The highest BCUT2D eigenvalue weighted by atomic mass is 15.0. The van der Waals surface area contributed by atoms with Gasteiger partial charge in [0.05, 0.1) is 0 Å². The Morgan fingerprint density at radius 3 is 2.54 bits per heavy atom. The maximum atomic E-state index is 3.70. The van der Waals surface area contributed by atoms with Crippen LogP contribution in [0, 0.1) is 17.3 Å². The van der Waals surface area contributed by atoms with Crippen molar-refractivity contribution < 1.29 is 0 Å². The number of hydrogen-bond acceptors (Lipinski definition) is 1. The number of hydrogen-bond donors (Lipinski definition) is 1. The first-order valence-electron chi connectivity index (χ1n) is 5.47. The van der Waals surface area contributed by atoms with Crippen LogP contribution in [0.1, 0.15) is 33.6 Å². The molecule has 1 heteroatoms. The molecule has 1 fully saturated rings. The van der Waals surface area contributed by atoms with Crippen LogP contribution < -0.4 is 5.32 Å². The van der Waals surface area contributed by atoms with Gasteiger partial charge in [0.15, 0.2) is 0 Å². The molecule has 0 aromatic carbocycles. The maximum absolute atomic E-state index is 3.70. The van der Waals surface area contributed by atoms with E-state index in [-0.39, 0.29) is 0 Å². The van der Waals surface area contributed by atoms with Crippen molar-refractivity contribution in [3.63, 3.8) is 0 Å². The molecule has 13 heavy (non-hydrogen) atoms. The quantitative estimate of drug-likeness (QED) is 0.564. The molecular weight excluding hydrogens is 158 g/mol. The summed E-state index contributed by atoms with van der Waals surface area (Å²) in [6, 6.07) is 0.724. The summed E-state index contributed by atoms with van der Waals surface area (Å²) < 4.78 is 0. The Hall–Kier alpha value is -0.300. The van der Waals surface area contributed by atoms with Gasteiger partial charge in [0.25, 0.3) is 0 Å². The smallest absolute Gasteiger partial charge is 0.0150 e. The van der Waals surface area contributed by atoms with Crippen molar-refractivity contribution in [1.29, 1.82) is 0 Å². The molecule has 1 nitrogen and oxygen atoms in total. The summed E-state index contributed by atoms with van der Waals surface area (Å²) in [6.45, 7) is 8.29. The molecule has 1 heterocycles. The van der Waals surface area contributed by atoms with Gasteiger partial charge in [-0.25, -0.2) is 0 Å². The molecule has 0 radical (unpaired) electrons. The summed E-state index contributed by atoms with van der Waals surface area (Å²) >= 11 is 0. The lowest BCUT2D eigenvalue weighted by molar-refractivity contribution is 0.216. The molecule has 3 atom stereocenters. The highest BCUT2D eigenvalue weighted by Gasteiger charge is 2.41. The van der Waals surface area contributed by atoms with Crippen LogP contribution in [-0.4, -0.2) is 12.6 Å². The molecule has 3 unspecified atom stereocenters. The van der Waals surface area contributed by atoms with Crippen LogP contribution in [0.4, 0.5) is 0 Å². The van der Waals surface area contributed by atoms with Gasteiger partial charge in [0.1, 0.15) is 0 Å². The van der Waals surface area contributed by atoms with Gasteiger partial charge in [0, 0.05) is 6.04 Å². The fraction of sp³-hybridized carbons (Fsp3) is 0.833. The average molecular weight is 179 g/mol. The zero-order chi connectivity index (χ0) is 9.47. The Balaban J connectivity index is 2.12. The van der Waals surface area contributed by atoms with E-state index >= 15 is 0 Å². The SMILES string of the molecule is CC(C)(C)C1NCC2CC=CCC21. The van der Waals surface area contributed by atoms with Crippen LogP contribution in [0.2, 0.25) is 0 Å². The Bertz CT molecular complexity index is 212. The van der Waals surface area contributed by atoms with E-state index in [4.69, 9.17) is 0 Å². The Kier molecular flexibility index (Phi) is 2.23. The third-order valence-electron chi connectivity index (χ3n) is 3.58. The first kappa shape index (κ1) is 9.26. The van der Waals surface area contributed by atoms with Crippen molar-refractivity contribution in [3.8, 4) is 0 Å². The fourth-order valence-electron chi connectivity index (χ4n) is 2.91. The fourth-order valence-corrected chi connectivity index (χ4v) is 2.91. The van der Waals surface area contributed by atoms with E-state index in [0.29, 0.717) is 5.41 Å². The second-order valence-electron chi connectivity index (χ2n) is 5.62. The summed E-state index contributed by atoms with van der Waals surface area (Å²) in [5.74, 6) is 1.80. The van der Waals surface area contributed by atoms with Gasteiger partial charge >= 0.3 is 0 Å². The van der Waals surface area contributed by atoms with Gasteiger partial charge in [0.2, 0.25) is 0 Å². The molecule has 2 rings (SSSR count). The zero-order valence-corrected chi connectivity index (χ0v) is 9.01. The number of rotatable bonds is 0. The first-order chi connectivity index (χ1) is 6.09. The Morgan fingerprint density at radius 2 is 1.85 bits per heavy atom. The largest absolute Gasteiger partial charge is 0.313 e. The van der Waals surface area contributed by atoms with Gasteiger partial charge in [-0.2, -0.15) is 0 Å². The summed E-state index contributed by atoms with van der Waals surface area (Å²) in [5.41, 5.74) is 0.421. The third-order valence-corrected chi connectivity index (χ3v) is 3.58.